The van der Waals surface area contributed by atoms with Crippen LogP contribution in [0.5, 0.6) is 11.5 Å². The van der Waals surface area contributed by atoms with E-state index in [2.05, 4.69) is 16.4 Å². The van der Waals surface area contributed by atoms with Gasteiger partial charge in [0.15, 0.2) is 0 Å². The Balaban J connectivity index is 1.94. The van der Waals surface area contributed by atoms with Crippen LogP contribution in [0.3, 0.4) is 0 Å². The van der Waals surface area contributed by atoms with Crippen molar-refractivity contribution in [2.45, 2.75) is 6.92 Å². The molecule has 0 aliphatic heterocycles. The number of carbonyl (C=O) groups is 1. The van der Waals surface area contributed by atoms with Gasteiger partial charge in [-0.15, -0.1) is 0 Å². The van der Waals surface area contributed by atoms with Crippen LogP contribution in [0.25, 0.3) is 11.3 Å². The fourth-order valence-electron chi connectivity index (χ4n) is 2.44. The Morgan fingerprint density at radius 1 is 1.12 bits per heavy atom. The number of benzene rings is 2. The number of carbonyl (C=O) groups excluding carboxylic acids is 1. The van der Waals surface area contributed by atoms with Gasteiger partial charge in [0.25, 0.3) is 0 Å². The van der Waals surface area contributed by atoms with Gasteiger partial charge in [0.2, 0.25) is 0 Å². The third-order valence-corrected chi connectivity index (χ3v) is 4.53. The standard InChI is InChI=1S/C20H16AsN3O2/c1-13(25)23-19-11-18(21)17(12-22)20(24-19)14-7-9-16(10-8-14)26-15-5-3-2-4-6-15/h2-11H,21H2,1H3,(H,23,24,25). The molecule has 2 aromatic carbocycles. The molecule has 1 unspecified atom stereocenters. The zero-order chi connectivity index (χ0) is 18.5. The molecule has 0 radical (unpaired) electrons. The van der Waals surface area contributed by atoms with E-state index in [1.54, 1.807) is 6.07 Å². The third kappa shape index (κ3) is 4.11. The molecule has 1 heterocycles. The predicted octanol–water partition coefficient (Wildman–Crippen LogP) is 2.63. The van der Waals surface area contributed by atoms with Crippen molar-refractivity contribution in [3.63, 3.8) is 0 Å². The van der Waals surface area contributed by atoms with Gasteiger partial charge in [-0.05, 0) is 0 Å². The zero-order valence-corrected chi connectivity index (χ0v) is 16.5. The summed E-state index contributed by atoms with van der Waals surface area (Å²) >= 11 is 1.31. The molecular formula is C20H16AsN3O2. The molecule has 128 valence electrons. The number of pyridine rings is 1. The normalized spacial score (nSPS) is 10.0. The van der Waals surface area contributed by atoms with Crippen LogP contribution in [0.15, 0.2) is 60.7 Å². The van der Waals surface area contributed by atoms with E-state index in [0.717, 1.165) is 15.7 Å². The fourth-order valence-corrected chi connectivity index (χ4v) is 3.19. The summed E-state index contributed by atoms with van der Waals surface area (Å²) in [6, 6.07) is 20.8. The second kappa shape index (κ2) is 7.86. The maximum atomic E-state index is 11.3. The molecule has 1 N–H and O–H groups in total. The molecule has 0 spiro atoms. The van der Waals surface area contributed by atoms with E-state index in [1.807, 2.05) is 54.6 Å². The summed E-state index contributed by atoms with van der Waals surface area (Å²) in [5.41, 5.74) is 1.84. The average molecular weight is 405 g/mol. The first-order valence-electron chi connectivity index (χ1n) is 7.88. The van der Waals surface area contributed by atoms with E-state index in [1.165, 1.54) is 23.8 Å². The first kappa shape index (κ1) is 17.7. The van der Waals surface area contributed by atoms with Crippen LogP contribution >= 0.6 is 0 Å². The maximum absolute atomic E-state index is 11.3. The minimum absolute atomic E-state index is 0.202. The van der Waals surface area contributed by atoms with Gasteiger partial charge in [-0.2, -0.15) is 0 Å². The number of rotatable bonds is 4. The number of aromatic nitrogens is 1. The van der Waals surface area contributed by atoms with Crippen LogP contribution in [-0.2, 0) is 4.79 Å². The molecule has 0 aliphatic rings. The van der Waals surface area contributed by atoms with Gasteiger partial charge >= 0.3 is 160 Å². The number of ether oxygens (including phenoxy) is 1. The van der Waals surface area contributed by atoms with Gasteiger partial charge in [-0.1, -0.05) is 0 Å². The Hall–Kier alpha value is -3.09. The second-order valence-corrected chi connectivity index (χ2v) is 6.86. The first-order valence-corrected chi connectivity index (χ1v) is 9.09. The number of nitrogens with one attached hydrogen (secondary N) is 1. The van der Waals surface area contributed by atoms with Gasteiger partial charge in [0, 0.05) is 0 Å². The summed E-state index contributed by atoms with van der Waals surface area (Å²) in [6.07, 6.45) is 0. The van der Waals surface area contributed by atoms with Crippen molar-refractivity contribution >= 4 is 32.9 Å². The van der Waals surface area contributed by atoms with Gasteiger partial charge < -0.3 is 0 Å². The monoisotopic (exact) mass is 405 g/mol. The van der Waals surface area contributed by atoms with Crippen molar-refractivity contribution in [3.8, 4) is 28.8 Å². The van der Waals surface area contributed by atoms with Crippen molar-refractivity contribution in [3.05, 3.63) is 66.2 Å². The van der Waals surface area contributed by atoms with Gasteiger partial charge in [0.05, 0.1) is 0 Å². The molecule has 3 aromatic rings. The summed E-state index contributed by atoms with van der Waals surface area (Å²) in [6.45, 7) is 1.43. The summed E-state index contributed by atoms with van der Waals surface area (Å²) in [7, 11) is 0. The van der Waals surface area contributed by atoms with Crippen molar-refractivity contribution in [1.29, 1.82) is 5.26 Å². The molecule has 0 bridgehead atoms. The van der Waals surface area contributed by atoms with Gasteiger partial charge in [-0.25, -0.2) is 0 Å². The Morgan fingerprint density at radius 2 is 1.77 bits per heavy atom. The average Bonchev–Trinajstić information content (AvgIpc) is 2.62. The van der Waals surface area contributed by atoms with Crippen LogP contribution in [0.4, 0.5) is 5.82 Å². The van der Waals surface area contributed by atoms with E-state index < -0.39 is 0 Å². The van der Waals surface area contributed by atoms with Crippen molar-refractivity contribution < 1.29 is 9.53 Å². The number of nitrogens with zero attached hydrogens (tertiary/aromatic N) is 2. The Labute approximate surface area is 160 Å². The number of nitriles is 1. The quantitative estimate of drug-likeness (QED) is 0.678. The molecule has 1 aromatic heterocycles. The molecule has 26 heavy (non-hydrogen) atoms. The fraction of sp³-hybridized carbons (Fsp3) is 0.0500. The molecular weight excluding hydrogens is 389 g/mol. The van der Waals surface area contributed by atoms with E-state index in [9.17, 15) is 10.1 Å². The van der Waals surface area contributed by atoms with Crippen LogP contribution in [0.2, 0.25) is 0 Å². The number of anilines is 1. The number of amides is 1. The number of hydrogen-bond donors (Lipinski definition) is 1. The molecule has 1 atom stereocenters. The van der Waals surface area contributed by atoms with Gasteiger partial charge in [-0.3, -0.25) is 0 Å². The summed E-state index contributed by atoms with van der Waals surface area (Å²) in [5, 5.41) is 12.2. The third-order valence-electron chi connectivity index (χ3n) is 3.57. The molecule has 3 rings (SSSR count). The summed E-state index contributed by atoms with van der Waals surface area (Å²) in [4.78, 5) is 15.8. The van der Waals surface area contributed by atoms with Gasteiger partial charge in [0.1, 0.15) is 0 Å². The second-order valence-electron chi connectivity index (χ2n) is 5.55. The SMILES string of the molecule is CC(=O)Nc1cc([AsH2])c(C#N)c(-c2ccc(Oc3ccccc3)cc2)n1. The summed E-state index contributed by atoms with van der Waals surface area (Å²) in [5.74, 6) is 1.68. The number of para-hydroxylation sites is 1. The van der Waals surface area contributed by atoms with Crippen LogP contribution in [0, 0.1) is 11.3 Å². The first-order chi connectivity index (χ1) is 12.6. The molecule has 0 fully saturated rings. The minimum atomic E-state index is -0.202. The Morgan fingerprint density at radius 3 is 2.38 bits per heavy atom. The number of hydrogen-bond acceptors (Lipinski definition) is 4. The van der Waals surface area contributed by atoms with Crippen LogP contribution in [-0.4, -0.2) is 27.7 Å². The molecule has 6 heteroatoms. The Bertz CT molecular complexity index is 980. The predicted molar refractivity (Wildman–Crippen MR) is 103 cm³/mol. The van der Waals surface area contributed by atoms with E-state index in [-0.39, 0.29) is 5.91 Å². The topological polar surface area (TPSA) is 75.0 Å². The van der Waals surface area contributed by atoms with E-state index >= 15 is 0 Å². The van der Waals surface area contributed by atoms with Crippen LogP contribution < -0.4 is 14.4 Å². The van der Waals surface area contributed by atoms with Crippen molar-refractivity contribution in [1.82, 2.24) is 4.98 Å². The molecule has 5 nitrogen and oxygen atoms in total. The molecule has 0 saturated carbocycles. The van der Waals surface area contributed by atoms with E-state index in [4.69, 9.17) is 4.74 Å². The molecule has 0 saturated heterocycles. The van der Waals surface area contributed by atoms with Crippen molar-refractivity contribution in [2.75, 3.05) is 5.32 Å². The van der Waals surface area contributed by atoms with Crippen molar-refractivity contribution in [2.24, 2.45) is 0 Å². The van der Waals surface area contributed by atoms with Crippen LogP contribution in [0.1, 0.15) is 12.5 Å². The summed E-state index contributed by atoms with van der Waals surface area (Å²) < 4.78 is 6.60. The molecule has 0 aliphatic carbocycles. The Kier molecular flexibility index (Phi) is 5.36. The zero-order valence-electron chi connectivity index (χ0n) is 14.1. The molecule has 1 amide bonds. The van der Waals surface area contributed by atoms with E-state index in [0.29, 0.717) is 22.8 Å².